The molecule has 0 bridgehead atoms. The van der Waals surface area contributed by atoms with Gasteiger partial charge in [0.05, 0.1) is 6.54 Å². The van der Waals surface area contributed by atoms with Crippen molar-refractivity contribution >= 4 is 33.5 Å². The lowest BCUT2D eigenvalue weighted by Crippen LogP contribution is -2.42. The zero-order chi connectivity index (χ0) is 18.9. The number of guanidine groups is 1. The van der Waals surface area contributed by atoms with Crippen LogP contribution < -0.4 is 16.0 Å². The van der Waals surface area contributed by atoms with Crippen LogP contribution in [-0.2, 0) is 11.2 Å². The van der Waals surface area contributed by atoms with Gasteiger partial charge in [0.1, 0.15) is 5.82 Å². The first-order valence-electron chi connectivity index (χ1n) is 8.23. The highest BCUT2D eigenvalue weighted by Crippen LogP contribution is 2.20. The number of aryl methyl sites for hydroxylation is 1. The Bertz CT molecular complexity index is 778. The van der Waals surface area contributed by atoms with Crippen molar-refractivity contribution < 1.29 is 9.18 Å². The molecule has 2 rings (SSSR count). The first-order valence-corrected chi connectivity index (χ1v) is 9.02. The minimum Gasteiger partial charge on any atom is -0.356 e. The van der Waals surface area contributed by atoms with Gasteiger partial charge >= 0.3 is 0 Å². The number of benzene rings is 2. The van der Waals surface area contributed by atoms with Crippen LogP contribution in [0.2, 0.25) is 0 Å². The number of nitrogens with zero attached hydrogens (tertiary/aromatic N) is 1. The molecule has 0 aliphatic carbocycles. The second kappa shape index (κ2) is 9.91. The Morgan fingerprint density at radius 2 is 1.88 bits per heavy atom. The lowest BCUT2D eigenvalue weighted by Gasteiger charge is -2.13. The largest absolute Gasteiger partial charge is 0.356 e. The SMILES string of the molecule is CN=C(NCCc1ccc(F)cc1)NCC(=O)Nc1cc(Br)ccc1C. The monoisotopic (exact) mass is 420 g/mol. The van der Waals surface area contributed by atoms with Gasteiger partial charge in [-0.1, -0.05) is 34.1 Å². The summed E-state index contributed by atoms with van der Waals surface area (Å²) in [7, 11) is 1.64. The van der Waals surface area contributed by atoms with Crippen LogP contribution in [0.15, 0.2) is 51.9 Å². The highest BCUT2D eigenvalue weighted by atomic mass is 79.9. The maximum atomic E-state index is 12.9. The summed E-state index contributed by atoms with van der Waals surface area (Å²) in [5, 5.41) is 8.97. The Kier molecular flexibility index (Phi) is 7.59. The molecule has 0 unspecified atom stereocenters. The molecule has 0 aromatic heterocycles. The van der Waals surface area contributed by atoms with Crippen LogP contribution in [-0.4, -0.2) is 32.0 Å². The van der Waals surface area contributed by atoms with Crippen molar-refractivity contribution in [2.75, 3.05) is 25.5 Å². The zero-order valence-corrected chi connectivity index (χ0v) is 16.4. The molecule has 0 spiro atoms. The van der Waals surface area contributed by atoms with Gasteiger partial charge in [0.25, 0.3) is 0 Å². The number of rotatable bonds is 6. The van der Waals surface area contributed by atoms with Gasteiger partial charge < -0.3 is 16.0 Å². The predicted molar refractivity (Wildman–Crippen MR) is 107 cm³/mol. The van der Waals surface area contributed by atoms with E-state index in [9.17, 15) is 9.18 Å². The molecule has 0 saturated carbocycles. The Hall–Kier alpha value is -2.41. The minimum atomic E-state index is -0.245. The van der Waals surface area contributed by atoms with Gasteiger partial charge in [-0.05, 0) is 48.7 Å². The molecular weight excluding hydrogens is 399 g/mol. The summed E-state index contributed by atoms with van der Waals surface area (Å²) in [4.78, 5) is 16.2. The molecule has 0 fully saturated rings. The summed E-state index contributed by atoms with van der Waals surface area (Å²) >= 11 is 3.39. The fourth-order valence-corrected chi connectivity index (χ4v) is 2.65. The second-order valence-corrected chi connectivity index (χ2v) is 6.65. The van der Waals surface area contributed by atoms with E-state index in [4.69, 9.17) is 0 Å². The maximum Gasteiger partial charge on any atom is 0.243 e. The molecular formula is C19H22BrFN4O. The average molecular weight is 421 g/mol. The molecule has 5 nitrogen and oxygen atoms in total. The standard InChI is InChI=1S/C19H22BrFN4O/c1-13-3-6-15(20)11-17(13)25-18(26)12-24-19(22-2)23-10-9-14-4-7-16(21)8-5-14/h3-8,11H,9-10,12H2,1-2H3,(H,25,26)(H2,22,23,24). The van der Waals surface area contributed by atoms with Gasteiger partial charge in [0, 0.05) is 23.8 Å². The van der Waals surface area contributed by atoms with Gasteiger partial charge in [-0.25, -0.2) is 4.39 Å². The van der Waals surface area contributed by atoms with E-state index < -0.39 is 0 Å². The van der Waals surface area contributed by atoms with E-state index in [-0.39, 0.29) is 18.3 Å². The molecule has 1 amide bonds. The Morgan fingerprint density at radius 1 is 1.15 bits per heavy atom. The van der Waals surface area contributed by atoms with E-state index in [1.807, 2.05) is 25.1 Å². The third-order valence-corrected chi connectivity index (χ3v) is 4.23. The van der Waals surface area contributed by atoms with Crippen molar-refractivity contribution in [1.29, 1.82) is 0 Å². The quantitative estimate of drug-likeness (QED) is 0.496. The molecule has 7 heteroatoms. The number of nitrogens with one attached hydrogen (secondary N) is 3. The molecule has 2 aromatic rings. The molecule has 0 saturated heterocycles. The number of carbonyl (C=O) groups excluding carboxylic acids is 1. The Morgan fingerprint density at radius 3 is 2.58 bits per heavy atom. The number of anilines is 1. The number of hydrogen-bond acceptors (Lipinski definition) is 2. The second-order valence-electron chi connectivity index (χ2n) is 5.74. The molecule has 0 atom stereocenters. The lowest BCUT2D eigenvalue weighted by molar-refractivity contribution is -0.115. The summed E-state index contributed by atoms with van der Waals surface area (Å²) in [6.07, 6.45) is 0.727. The first kappa shape index (κ1) is 19.9. The number of halogens is 2. The van der Waals surface area contributed by atoms with Crippen molar-refractivity contribution in [3.8, 4) is 0 Å². The van der Waals surface area contributed by atoms with Crippen molar-refractivity contribution in [2.45, 2.75) is 13.3 Å². The molecule has 0 aliphatic rings. The van der Waals surface area contributed by atoms with Gasteiger partial charge in [0.15, 0.2) is 5.96 Å². The van der Waals surface area contributed by atoms with E-state index in [0.29, 0.717) is 12.5 Å². The molecule has 138 valence electrons. The van der Waals surface area contributed by atoms with E-state index in [1.54, 1.807) is 19.2 Å². The fraction of sp³-hybridized carbons (Fsp3) is 0.263. The first-order chi connectivity index (χ1) is 12.5. The number of amides is 1. The smallest absolute Gasteiger partial charge is 0.243 e. The molecule has 0 heterocycles. The number of aliphatic imine (C=N–C) groups is 1. The van der Waals surface area contributed by atoms with Crippen LogP contribution in [0, 0.1) is 12.7 Å². The highest BCUT2D eigenvalue weighted by Gasteiger charge is 2.07. The predicted octanol–water partition coefficient (Wildman–Crippen LogP) is 3.24. The topological polar surface area (TPSA) is 65.5 Å². The Labute approximate surface area is 161 Å². The van der Waals surface area contributed by atoms with Crippen LogP contribution in [0.5, 0.6) is 0 Å². The van der Waals surface area contributed by atoms with Crippen LogP contribution in [0.1, 0.15) is 11.1 Å². The van der Waals surface area contributed by atoms with Crippen molar-refractivity contribution in [3.05, 3.63) is 63.9 Å². The van der Waals surface area contributed by atoms with Crippen LogP contribution in [0.3, 0.4) is 0 Å². The molecule has 0 radical (unpaired) electrons. The van der Waals surface area contributed by atoms with Gasteiger partial charge in [-0.15, -0.1) is 0 Å². The number of hydrogen-bond donors (Lipinski definition) is 3. The summed E-state index contributed by atoms with van der Waals surface area (Å²) in [6.45, 7) is 2.66. The lowest BCUT2D eigenvalue weighted by atomic mass is 10.1. The molecule has 2 aromatic carbocycles. The van der Waals surface area contributed by atoms with E-state index in [0.717, 1.165) is 27.7 Å². The van der Waals surface area contributed by atoms with E-state index in [1.165, 1.54) is 12.1 Å². The van der Waals surface area contributed by atoms with Crippen LogP contribution >= 0.6 is 15.9 Å². The zero-order valence-electron chi connectivity index (χ0n) is 14.8. The molecule has 0 aliphatic heterocycles. The van der Waals surface area contributed by atoms with Crippen molar-refractivity contribution in [1.82, 2.24) is 10.6 Å². The Balaban J connectivity index is 1.76. The van der Waals surface area contributed by atoms with Gasteiger partial charge in [0.2, 0.25) is 5.91 Å². The normalized spacial score (nSPS) is 11.2. The van der Waals surface area contributed by atoms with E-state index >= 15 is 0 Å². The average Bonchev–Trinajstić information content (AvgIpc) is 2.62. The van der Waals surface area contributed by atoms with Gasteiger partial charge in [-0.3, -0.25) is 9.79 Å². The van der Waals surface area contributed by atoms with Crippen molar-refractivity contribution in [3.63, 3.8) is 0 Å². The molecule has 26 heavy (non-hydrogen) atoms. The van der Waals surface area contributed by atoms with Crippen LogP contribution in [0.4, 0.5) is 10.1 Å². The van der Waals surface area contributed by atoms with Gasteiger partial charge in [-0.2, -0.15) is 0 Å². The summed E-state index contributed by atoms with van der Waals surface area (Å²) in [5.41, 5.74) is 2.78. The minimum absolute atomic E-state index is 0.0994. The third-order valence-electron chi connectivity index (χ3n) is 3.73. The summed E-state index contributed by atoms with van der Waals surface area (Å²) < 4.78 is 13.8. The van der Waals surface area contributed by atoms with Crippen LogP contribution in [0.25, 0.3) is 0 Å². The maximum absolute atomic E-state index is 12.9. The fourth-order valence-electron chi connectivity index (χ4n) is 2.28. The highest BCUT2D eigenvalue weighted by molar-refractivity contribution is 9.10. The van der Waals surface area contributed by atoms with E-state index in [2.05, 4.69) is 36.9 Å². The van der Waals surface area contributed by atoms with Crippen molar-refractivity contribution in [2.24, 2.45) is 4.99 Å². The summed E-state index contributed by atoms with van der Waals surface area (Å²) in [5.74, 6) is 0.131. The summed E-state index contributed by atoms with van der Waals surface area (Å²) in [6, 6.07) is 12.1. The molecule has 3 N–H and O–H groups in total. The third kappa shape index (κ3) is 6.48. The number of carbonyl (C=O) groups is 1.